The zero-order valence-electron chi connectivity index (χ0n) is 14.6. The molecule has 3 rings (SSSR count). The summed E-state index contributed by atoms with van der Waals surface area (Å²) in [5, 5.41) is 6.52. The largest absolute Gasteiger partial charge is 0.353 e. The van der Waals surface area contributed by atoms with Gasteiger partial charge in [-0.3, -0.25) is 9.59 Å². The number of carbonyl (C=O) groups is 2. The van der Waals surface area contributed by atoms with Crippen LogP contribution in [0.1, 0.15) is 42.5 Å². The number of benzene rings is 1. The fourth-order valence-corrected chi connectivity index (χ4v) is 3.90. The van der Waals surface area contributed by atoms with E-state index in [-0.39, 0.29) is 11.8 Å². The summed E-state index contributed by atoms with van der Waals surface area (Å²) in [7, 11) is 0. The van der Waals surface area contributed by atoms with E-state index in [0.29, 0.717) is 29.6 Å². The lowest BCUT2D eigenvalue weighted by atomic mass is 10.2. The van der Waals surface area contributed by atoms with Crippen molar-refractivity contribution in [2.24, 2.45) is 0 Å². The van der Waals surface area contributed by atoms with Crippen LogP contribution in [0.15, 0.2) is 58.6 Å². The summed E-state index contributed by atoms with van der Waals surface area (Å²) in [5.74, 6) is -0.201. The molecule has 1 heterocycles. The van der Waals surface area contributed by atoms with Gasteiger partial charge in [0.25, 0.3) is 5.91 Å². The Kier molecular flexibility index (Phi) is 6.66. The van der Waals surface area contributed by atoms with Gasteiger partial charge in [-0.1, -0.05) is 42.8 Å². The van der Waals surface area contributed by atoms with Gasteiger partial charge >= 0.3 is 0 Å². The van der Waals surface area contributed by atoms with Crippen LogP contribution in [0.4, 0.5) is 0 Å². The molecule has 6 heteroatoms. The number of hydrogen-bond donors (Lipinski definition) is 2. The van der Waals surface area contributed by atoms with E-state index in [9.17, 15) is 9.59 Å². The van der Waals surface area contributed by atoms with Crippen LogP contribution in [-0.2, 0) is 4.79 Å². The molecule has 1 aromatic carbocycles. The van der Waals surface area contributed by atoms with Crippen LogP contribution in [0.3, 0.4) is 0 Å². The van der Waals surface area contributed by atoms with E-state index in [0.717, 1.165) is 17.7 Å². The van der Waals surface area contributed by atoms with E-state index >= 15 is 0 Å². The third-order valence-electron chi connectivity index (χ3n) is 4.33. The minimum absolute atomic E-state index is 0.00210. The molecule has 1 aliphatic carbocycles. The normalized spacial score (nSPS) is 14.2. The van der Waals surface area contributed by atoms with E-state index in [1.807, 2.05) is 30.3 Å². The van der Waals surface area contributed by atoms with Gasteiger partial charge in [0.05, 0.1) is 5.56 Å². The van der Waals surface area contributed by atoms with Crippen molar-refractivity contribution >= 4 is 23.6 Å². The molecule has 2 amide bonds. The van der Waals surface area contributed by atoms with Crippen molar-refractivity contribution in [1.29, 1.82) is 0 Å². The zero-order chi connectivity index (χ0) is 18.2. The first-order valence-electron chi connectivity index (χ1n) is 8.98. The highest BCUT2D eigenvalue weighted by Gasteiger charge is 2.17. The third kappa shape index (κ3) is 5.33. The summed E-state index contributed by atoms with van der Waals surface area (Å²) >= 11 is 1.45. The molecule has 0 spiro atoms. The summed E-state index contributed by atoms with van der Waals surface area (Å²) in [6.07, 6.45) is 6.47. The Morgan fingerprint density at radius 2 is 1.85 bits per heavy atom. The number of hydrogen-bond acceptors (Lipinski definition) is 4. The maximum absolute atomic E-state index is 12.5. The molecule has 0 bridgehead atoms. The Morgan fingerprint density at radius 1 is 1.08 bits per heavy atom. The Bertz CT molecular complexity index is 746. The first-order valence-corrected chi connectivity index (χ1v) is 9.79. The van der Waals surface area contributed by atoms with Crippen LogP contribution in [0.25, 0.3) is 0 Å². The van der Waals surface area contributed by atoms with Crippen LogP contribution < -0.4 is 10.6 Å². The van der Waals surface area contributed by atoms with Crippen molar-refractivity contribution in [3.8, 4) is 0 Å². The molecule has 1 aromatic heterocycles. The van der Waals surface area contributed by atoms with Gasteiger partial charge in [0.2, 0.25) is 5.91 Å². The molecule has 0 unspecified atom stereocenters. The van der Waals surface area contributed by atoms with Gasteiger partial charge < -0.3 is 10.6 Å². The van der Waals surface area contributed by atoms with Gasteiger partial charge in [-0.15, -0.1) is 0 Å². The minimum Gasteiger partial charge on any atom is -0.353 e. The van der Waals surface area contributed by atoms with Crippen molar-refractivity contribution in [1.82, 2.24) is 15.6 Å². The lowest BCUT2D eigenvalue weighted by Gasteiger charge is -2.12. The third-order valence-corrected chi connectivity index (χ3v) is 5.36. The maximum atomic E-state index is 12.5. The van der Waals surface area contributed by atoms with E-state index in [1.54, 1.807) is 18.3 Å². The number of aromatic nitrogens is 1. The molecule has 2 aromatic rings. The van der Waals surface area contributed by atoms with E-state index in [2.05, 4.69) is 15.6 Å². The fourth-order valence-electron chi connectivity index (χ4n) is 3.00. The quantitative estimate of drug-likeness (QED) is 0.785. The Morgan fingerprint density at radius 3 is 2.62 bits per heavy atom. The molecule has 1 aliphatic rings. The van der Waals surface area contributed by atoms with Gasteiger partial charge in [0.15, 0.2) is 0 Å². The van der Waals surface area contributed by atoms with Gasteiger partial charge in [-0.05, 0) is 37.1 Å². The Labute approximate surface area is 158 Å². The first-order chi connectivity index (χ1) is 12.7. The standard InChI is InChI=1S/C20H23N3O2S/c24-18(23-15-7-4-5-8-15)12-14-21-19(25)17-11-6-13-22-20(17)26-16-9-2-1-3-10-16/h1-3,6,9-11,13,15H,4-5,7-8,12,14H2,(H,21,25)(H,23,24). The van der Waals surface area contributed by atoms with Crippen molar-refractivity contribution in [2.45, 2.75) is 48.1 Å². The molecule has 5 nitrogen and oxygen atoms in total. The molecule has 1 fully saturated rings. The number of pyridine rings is 1. The van der Waals surface area contributed by atoms with Crippen LogP contribution in [0.5, 0.6) is 0 Å². The second-order valence-electron chi connectivity index (χ2n) is 6.33. The summed E-state index contributed by atoms with van der Waals surface area (Å²) in [4.78, 5) is 29.8. The van der Waals surface area contributed by atoms with Crippen LogP contribution in [0.2, 0.25) is 0 Å². The number of nitrogens with zero attached hydrogens (tertiary/aromatic N) is 1. The van der Waals surface area contributed by atoms with Crippen molar-refractivity contribution < 1.29 is 9.59 Å². The predicted molar refractivity (Wildman–Crippen MR) is 102 cm³/mol. The van der Waals surface area contributed by atoms with Crippen molar-refractivity contribution in [2.75, 3.05) is 6.54 Å². The molecule has 0 saturated heterocycles. The number of nitrogens with one attached hydrogen (secondary N) is 2. The van der Waals surface area contributed by atoms with Crippen molar-refractivity contribution in [3.63, 3.8) is 0 Å². The Balaban J connectivity index is 1.52. The summed E-state index contributed by atoms with van der Waals surface area (Å²) in [5.41, 5.74) is 0.526. The smallest absolute Gasteiger partial charge is 0.254 e. The van der Waals surface area contributed by atoms with E-state index < -0.39 is 0 Å². The zero-order valence-corrected chi connectivity index (χ0v) is 15.4. The van der Waals surface area contributed by atoms with Crippen LogP contribution >= 0.6 is 11.8 Å². The van der Waals surface area contributed by atoms with Gasteiger partial charge in [0, 0.05) is 30.1 Å². The summed E-state index contributed by atoms with van der Waals surface area (Å²) < 4.78 is 0. The molecule has 1 saturated carbocycles. The average molecular weight is 369 g/mol. The highest BCUT2D eigenvalue weighted by atomic mass is 32.2. The van der Waals surface area contributed by atoms with Gasteiger partial charge in [-0.25, -0.2) is 4.98 Å². The second-order valence-corrected chi connectivity index (χ2v) is 7.39. The average Bonchev–Trinajstić information content (AvgIpc) is 3.16. The lowest BCUT2D eigenvalue weighted by Crippen LogP contribution is -2.35. The molecule has 26 heavy (non-hydrogen) atoms. The van der Waals surface area contributed by atoms with E-state index in [1.165, 1.54) is 24.6 Å². The number of carbonyl (C=O) groups excluding carboxylic acids is 2. The number of amides is 2. The van der Waals surface area contributed by atoms with Crippen LogP contribution in [-0.4, -0.2) is 29.4 Å². The first kappa shape index (κ1) is 18.5. The molecule has 136 valence electrons. The number of rotatable bonds is 7. The van der Waals surface area contributed by atoms with Gasteiger partial charge in [-0.2, -0.15) is 0 Å². The lowest BCUT2D eigenvalue weighted by molar-refractivity contribution is -0.121. The highest BCUT2D eigenvalue weighted by Crippen LogP contribution is 2.28. The molecular formula is C20H23N3O2S. The fraction of sp³-hybridized carbons (Fsp3) is 0.350. The molecular weight excluding hydrogens is 346 g/mol. The summed E-state index contributed by atoms with van der Waals surface area (Å²) in [6, 6.07) is 13.6. The molecule has 0 atom stereocenters. The predicted octanol–water partition coefficient (Wildman–Crippen LogP) is 3.41. The van der Waals surface area contributed by atoms with E-state index in [4.69, 9.17) is 0 Å². The topological polar surface area (TPSA) is 71.1 Å². The van der Waals surface area contributed by atoms with Gasteiger partial charge in [0.1, 0.15) is 5.03 Å². The molecule has 0 aliphatic heterocycles. The molecule has 0 radical (unpaired) electrons. The Hall–Kier alpha value is -2.34. The molecule has 2 N–H and O–H groups in total. The van der Waals surface area contributed by atoms with Crippen molar-refractivity contribution in [3.05, 3.63) is 54.2 Å². The maximum Gasteiger partial charge on any atom is 0.254 e. The minimum atomic E-state index is -0.204. The monoisotopic (exact) mass is 369 g/mol. The summed E-state index contributed by atoms with van der Waals surface area (Å²) in [6.45, 7) is 0.321. The second kappa shape index (κ2) is 9.38. The highest BCUT2D eigenvalue weighted by molar-refractivity contribution is 7.99. The van der Waals surface area contributed by atoms with Crippen LogP contribution in [0, 0.1) is 0 Å². The SMILES string of the molecule is O=C(CCNC(=O)c1cccnc1Sc1ccccc1)NC1CCCC1.